The molecule has 0 aliphatic heterocycles. The molecule has 0 aliphatic carbocycles. The highest BCUT2D eigenvalue weighted by molar-refractivity contribution is 5.97. The van der Waals surface area contributed by atoms with Crippen LogP contribution in [0.5, 0.6) is 0 Å². The van der Waals surface area contributed by atoms with Crippen LogP contribution in [0.25, 0.3) is 5.69 Å². The maximum absolute atomic E-state index is 13.2. The maximum atomic E-state index is 13.2. The Morgan fingerprint density at radius 3 is 2.25 bits per heavy atom. The molecule has 0 unspecified atom stereocenters. The highest BCUT2D eigenvalue weighted by Gasteiger charge is 2.25. The SMILES string of the molecule is Cc1cc(C(=O)NNC(=O)CC(C)(C)CC(=O)O)c(C)n1-c1ccc(F)cc1. The summed E-state index contributed by atoms with van der Waals surface area (Å²) in [7, 11) is 0. The molecule has 0 spiro atoms. The molecule has 0 saturated heterocycles. The van der Waals surface area contributed by atoms with E-state index in [9.17, 15) is 18.8 Å². The number of aromatic nitrogens is 1. The summed E-state index contributed by atoms with van der Waals surface area (Å²) < 4.78 is 15.0. The Hall–Kier alpha value is -3.16. The van der Waals surface area contributed by atoms with Gasteiger partial charge in [-0.1, -0.05) is 13.8 Å². The summed E-state index contributed by atoms with van der Waals surface area (Å²) in [6, 6.07) is 7.58. The van der Waals surface area contributed by atoms with Gasteiger partial charge in [-0.2, -0.15) is 0 Å². The van der Waals surface area contributed by atoms with E-state index in [1.54, 1.807) is 39.0 Å². The lowest BCUT2D eigenvalue weighted by atomic mass is 9.85. The second kappa shape index (κ2) is 8.24. The Morgan fingerprint density at radius 2 is 1.68 bits per heavy atom. The van der Waals surface area contributed by atoms with E-state index in [2.05, 4.69) is 10.9 Å². The Labute approximate surface area is 162 Å². The number of hydrogen-bond donors (Lipinski definition) is 3. The van der Waals surface area contributed by atoms with Crippen LogP contribution >= 0.6 is 0 Å². The summed E-state index contributed by atoms with van der Waals surface area (Å²) in [6.45, 7) is 6.90. The van der Waals surface area contributed by atoms with Crippen molar-refractivity contribution in [3.63, 3.8) is 0 Å². The highest BCUT2D eigenvalue weighted by Crippen LogP contribution is 2.24. The molecule has 8 heteroatoms. The quantitative estimate of drug-likeness (QED) is 0.662. The van der Waals surface area contributed by atoms with Crippen molar-refractivity contribution >= 4 is 17.8 Å². The minimum Gasteiger partial charge on any atom is -0.481 e. The minimum absolute atomic E-state index is 0.0474. The van der Waals surface area contributed by atoms with Gasteiger partial charge in [0, 0.05) is 23.5 Å². The van der Waals surface area contributed by atoms with Crippen LogP contribution in [0.1, 0.15) is 48.4 Å². The number of carbonyl (C=O) groups is 3. The average molecular weight is 389 g/mol. The summed E-state index contributed by atoms with van der Waals surface area (Å²) in [5.41, 5.74) is 6.45. The number of rotatable bonds is 6. The zero-order valence-corrected chi connectivity index (χ0v) is 16.3. The van der Waals surface area contributed by atoms with Crippen molar-refractivity contribution in [3.8, 4) is 5.69 Å². The Kier molecular flexibility index (Phi) is 6.23. The first kappa shape index (κ1) is 21.1. The first-order valence-corrected chi connectivity index (χ1v) is 8.76. The molecule has 3 N–H and O–H groups in total. The van der Waals surface area contributed by atoms with E-state index in [1.165, 1.54) is 12.1 Å². The molecule has 0 fully saturated rings. The lowest BCUT2D eigenvalue weighted by Gasteiger charge is -2.21. The number of carboxylic acid groups (broad SMARTS) is 1. The number of hydrogen-bond acceptors (Lipinski definition) is 3. The normalized spacial score (nSPS) is 11.2. The fourth-order valence-electron chi connectivity index (χ4n) is 3.12. The Bertz CT molecular complexity index is 901. The smallest absolute Gasteiger partial charge is 0.303 e. The van der Waals surface area contributed by atoms with Gasteiger partial charge in [0.2, 0.25) is 5.91 Å². The molecule has 2 rings (SSSR count). The predicted molar refractivity (Wildman–Crippen MR) is 101 cm³/mol. The van der Waals surface area contributed by atoms with Crippen LogP contribution in [0.15, 0.2) is 30.3 Å². The van der Waals surface area contributed by atoms with Gasteiger partial charge in [0.15, 0.2) is 0 Å². The lowest BCUT2D eigenvalue weighted by molar-refractivity contribution is -0.139. The standard InChI is InChI=1S/C20H24FN3O4/c1-12-9-16(13(2)24(12)15-7-5-14(21)6-8-15)19(28)23-22-17(25)10-20(3,4)11-18(26)27/h5-9H,10-11H2,1-4H3,(H,22,25)(H,23,28)(H,26,27). The molecule has 150 valence electrons. The number of amides is 2. The van der Waals surface area contributed by atoms with E-state index >= 15 is 0 Å². The van der Waals surface area contributed by atoms with Gasteiger partial charge in [0.25, 0.3) is 5.91 Å². The monoisotopic (exact) mass is 389 g/mol. The van der Waals surface area contributed by atoms with Crippen molar-refractivity contribution in [2.75, 3.05) is 0 Å². The second-order valence-corrected chi connectivity index (χ2v) is 7.51. The highest BCUT2D eigenvalue weighted by atomic mass is 19.1. The third-order valence-corrected chi connectivity index (χ3v) is 4.34. The Morgan fingerprint density at radius 1 is 1.07 bits per heavy atom. The van der Waals surface area contributed by atoms with Crippen molar-refractivity contribution in [1.29, 1.82) is 0 Å². The largest absolute Gasteiger partial charge is 0.481 e. The lowest BCUT2D eigenvalue weighted by Crippen LogP contribution is -2.43. The third kappa shape index (κ3) is 5.18. The first-order valence-electron chi connectivity index (χ1n) is 8.76. The van der Waals surface area contributed by atoms with Gasteiger partial charge in [-0.05, 0) is 49.6 Å². The maximum Gasteiger partial charge on any atom is 0.303 e. The van der Waals surface area contributed by atoms with E-state index in [-0.39, 0.29) is 18.7 Å². The number of benzene rings is 1. The molecule has 0 atom stereocenters. The molecule has 7 nitrogen and oxygen atoms in total. The van der Waals surface area contributed by atoms with E-state index in [1.807, 2.05) is 11.5 Å². The predicted octanol–water partition coefficient (Wildman–Crippen LogP) is 2.89. The fourth-order valence-corrected chi connectivity index (χ4v) is 3.12. The molecule has 0 aliphatic rings. The van der Waals surface area contributed by atoms with Crippen molar-refractivity contribution in [2.45, 2.75) is 40.5 Å². The number of nitrogens with one attached hydrogen (secondary N) is 2. The van der Waals surface area contributed by atoms with Gasteiger partial charge in [-0.3, -0.25) is 25.2 Å². The van der Waals surface area contributed by atoms with Crippen molar-refractivity contribution in [1.82, 2.24) is 15.4 Å². The average Bonchev–Trinajstić information content (AvgIpc) is 2.86. The van der Waals surface area contributed by atoms with Crippen LogP contribution in [0.4, 0.5) is 4.39 Å². The zero-order valence-electron chi connectivity index (χ0n) is 16.3. The van der Waals surface area contributed by atoms with Gasteiger partial charge >= 0.3 is 5.97 Å². The van der Waals surface area contributed by atoms with E-state index in [0.717, 1.165) is 11.4 Å². The summed E-state index contributed by atoms with van der Waals surface area (Å²) in [4.78, 5) is 35.3. The molecule has 28 heavy (non-hydrogen) atoms. The first-order chi connectivity index (χ1) is 13.0. The molecular formula is C20H24FN3O4. The molecule has 1 aromatic heterocycles. The molecule has 0 radical (unpaired) electrons. The molecule has 1 aromatic carbocycles. The number of halogens is 1. The van der Waals surface area contributed by atoms with Crippen LogP contribution in [0, 0.1) is 25.1 Å². The number of nitrogens with zero attached hydrogens (tertiary/aromatic N) is 1. The molecule has 0 saturated carbocycles. The van der Waals surface area contributed by atoms with E-state index < -0.39 is 23.2 Å². The molecule has 0 bridgehead atoms. The van der Waals surface area contributed by atoms with Crippen LogP contribution in [-0.4, -0.2) is 27.5 Å². The molecule has 2 aromatic rings. The van der Waals surface area contributed by atoms with Crippen LogP contribution in [-0.2, 0) is 9.59 Å². The number of carbonyl (C=O) groups excluding carboxylic acids is 2. The summed E-state index contributed by atoms with van der Waals surface area (Å²) in [5, 5.41) is 8.87. The van der Waals surface area contributed by atoms with Crippen LogP contribution < -0.4 is 10.9 Å². The third-order valence-electron chi connectivity index (χ3n) is 4.34. The zero-order chi connectivity index (χ0) is 21.1. The number of hydrazine groups is 1. The summed E-state index contributed by atoms with van der Waals surface area (Å²) in [5.74, 6) is -2.31. The van der Waals surface area contributed by atoms with Crippen molar-refractivity contribution in [3.05, 3.63) is 53.1 Å². The van der Waals surface area contributed by atoms with Gasteiger partial charge in [0.1, 0.15) is 5.82 Å². The molecular weight excluding hydrogens is 365 g/mol. The van der Waals surface area contributed by atoms with Gasteiger partial charge < -0.3 is 9.67 Å². The second-order valence-electron chi connectivity index (χ2n) is 7.51. The number of aryl methyl sites for hydroxylation is 1. The van der Waals surface area contributed by atoms with Crippen molar-refractivity contribution in [2.24, 2.45) is 5.41 Å². The summed E-state index contributed by atoms with van der Waals surface area (Å²) in [6.07, 6.45) is -0.207. The van der Waals surface area contributed by atoms with Crippen molar-refractivity contribution < 1.29 is 23.9 Å². The summed E-state index contributed by atoms with van der Waals surface area (Å²) >= 11 is 0. The van der Waals surface area contributed by atoms with Gasteiger partial charge in [0.05, 0.1) is 12.0 Å². The minimum atomic E-state index is -0.991. The van der Waals surface area contributed by atoms with Gasteiger partial charge in [-0.15, -0.1) is 0 Å². The Balaban J connectivity index is 2.07. The number of aliphatic carboxylic acids is 1. The molecule has 2 amide bonds. The topological polar surface area (TPSA) is 100 Å². The number of carboxylic acids is 1. The van der Waals surface area contributed by atoms with Crippen LogP contribution in [0.3, 0.4) is 0 Å². The van der Waals surface area contributed by atoms with E-state index in [0.29, 0.717) is 11.3 Å². The van der Waals surface area contributed by atoms with Gasteiger partial charge in [-0.25, -0.2) is 4.39 Å². The van der Waals surface area contributed by atoms with Crippen LogP contribution in [0.2, 0.25) is 0 Å². The molecule has 1 heterocycles. The van der Waals surface area contributed by atoms with E-state index in [4.69, 9.17) is 5.11 Å². The fraction of sp³-hybridized carbons (Fsp3) is 0.350.